The van der Waals surface area contributed by atoms with Gasteiger partial charge in [0.2, 0.25) is 0 Å². The molecule has 1 aromatic heterocycles. The van der Waals surface area contributed by atoms with Gasteiger partial charge in [0.1, 0.15) is 5.01 Å². The number of nitrogens with two attached hydrogens (primary N) is 1. The Kier molecular flexibility index (Phi) is 1.87. The van der Waals surface area contributed by atoms with Gasteiger partial charge in [-0.15, -0.1) is 17.9 Å². The molecule has 0 aliphatic rings. The minimum absolute atomic E-state index is 0.464. The van der Waals surface area contributed by atoms with Crippen molar-refractivity contribution in [3.63, 3.8) is 0 Å². The monoisotopic (exact) mass is 154 g/mol. The average molecular weight is 154 g/mol. The minimum atomic E-state index is -0.464. The van der Waals surface area contributed by atoms with E-state index in [0.29, 0.717) is 0 Å². The van der Waals surface area contributed by atoms with Crippen molar-refractivity contribution in [2.75, 3.05) is 0 Å². The molecule has 2 N–H and O–H groups in total. The third kappa shape index (κ3) is 1.25. The zero-order chi connectivity index (χ0) is 7.61. The van der Waals surface area contributed by atoms with E-state index < -0.39 is 5.54 Å². The molecule has 1 aromatic rings. The Bertz CT molecular complexity index is 214. The molecule has 1 heterocycles. The Hall–Kier alpha value is -0.670. The van der Waals surface area contributed by atoms with Gasteiger partial charge >= 0.3 is 0 Å². The first-order chi connectivity index (χ1) is 4.67. The maximum Gasteiger partial charge on any atom is 0.116 e. The van der Waals surface area contributed by atoms with E-state index in [1.165, 1.54) is 0 Å². The lowest BCUT2D eigenvalue weighted by molar-refractivity contribution is 0.626. The number of hydrogen-bond acceptors (Lipinski definition) is 3. The van der Waals surface area contributed by atoms with E-state index in [4.69, 9.17) is 5.73 Å². The molecular formula is C7H10N2S. The van der Waals surface area contributed by atoms with E-state index in [-0.39, 0.29) is 0 Å². The Morgan fingerprint density at radius 1 is 1.90 bits per heavy atom. The molecule has 0 aliphatic heterocycles. The number of rotatable bonds is 2. The highest BCUT2D eigenvalue weighted by Crippen LogP contribution is 2.19. The third-order valence-electron chi connectivity index (χ3n) is 1.32. The van der Waals surface area contributed by atoms with Gasteiger partial charge in [0.25, 0.3) is 0 Å². The molecule has 0 fully saturated rings. The SMILES string of the molecule is C=CC(C)(N)c1nccs1. The van der Waals surface area contributed by atoms with Gasteiger partial charge in [0, 0.05) is 11.6 Å². The number of nitrogens with zero attached hydrogens (tertiary/aromatic N) is 1. The summed E-state index contributed by atoms with van der Waals surface area (Å²) in [6.45, 7) is 5.52. The van der Waals surface area contributed by atoms with Crippen LogP contribution in [-0.2, 0) is 5.54 Å². The smallest absolute Gasteiger partial charge is 0.116 e. The lowest BCUT2D eigenvalue weighted by Crippen LogP contribution is -2.29. The van der Waals surface area contributed by atoms with Crippen LogP contribution in [0.15, 0.2) is 24.2 Å². The molecule has 2 nitrogen and oxygen atoms in total. The van der Waals surface area contributed by atoms with Gasteiger partial charge in [-0.25, -0.2) is 4.98 Å². The molecule has 10 heavy (non-hydrogen) atoms. The van der Waals surface area contributed by atoms with Crippen LogP contribution in [0.3, 0.4) is 0 Å². The molecule has 1 atom stereocenters. The summed E-state index contributed by atoms with van der Waals surface area (Å²) in [4.78, 5) is 4.08. The van der Waals surface area contributed by atoms with Gasteiger partial charge in [0.15, 0.2) is 0 Å². The third-order valence-corrected chi connectivity index (χ3v) is 2.34. The molecule has 0 amide bonds. The predicted molar refractivity (Wildman–Crippen MR) is 43.9 cm³/mol. The summed E-state index contributed by atoms with van der Waals surface area (Å²) in [7, 11) is 0. The van der Waals surface area contributed by atoms with Crippen LogP contribution < -0.4 is 5.73 Å². The molecule has 1 unspecified atom stereocenters. The Balaban J connectivity index is 2.95. The zero-order valence-corrected chi connectivity index (χ0v) is 6.69. The van der Waals surface area contributed by atoms with Gasteiger partial charge < -0.3 is 5.73 Å². The molecule has 54 valence electrons. The molecule has 1 rings (SSSR count). The summed E-state index contributed by atoms with van der Waals surface area (Å²) in [5, 5.41) is 2.81. The second kappa shape index (κ2) is 2.52. The van der Waals surface area contributed by atoms with Gasteiger partial charge in [-0.05, 0) is 6.92 Å². The highest BCUT2D eigenvalue weighted by atomic mass is 32.1. The van der Waals surface area contributed by atoms with E-state index in [0.717, 1.165) is 5.01 Å². The summed E-state index contributed by atoms with van der Waals surface area (Å²) in [5.41, 5.74) is 5.35. The van der Waals surface area contributed by atoms with E-state index in [1.54, 1.807) is 23.6 Å². The van der Waals surface area contributed by atoms with Crippen LogP contribution in [0.5, 0.6) is 0 Å². The second-order valence-electron chi connectivity index (χ2n) is 2.32. The van der Waals surface area contributed by atoms with E-state index in [9.17, 15) is 0 Å². The lowest BCUT2D eigenvalue weighted by atomic mass is 10.1. The Labute approximate surface area is 64.4 Å². The molecule has 0 saturated heterocycles. The van der Waals surface area contributed by atoms with Gasteiger partial charge in [-0.3, -0.25) is 0 Å². The van der Waals surface area contributed by atoms with Crippen LogP contribution >= 0.6 is 11.3 Å². The van der Waals surface area contributed by atoms with Crippen molar-refractivity contribution in [3.8, 4) is 0 Å². The van der Waals surface area contributed by atoms with Crippen molar-refractivity contribution in [2.24, 2.45) is 5.73 Å². The largest absolute Gasteiger partial charge is 0.316 e. The minimum Gasteiger partial charge on any atom is -0.316 e. The highest BCUT2D eigenvalue weighted by Gasteiger charge is 2.18. The van der Waals surface area contributed by atoms with E-state index in [2.05, 4.69) is 11.6 Å². The van der Waals surface area contributed by atoms with Gasteiger partial charge in [-0.2, -0.15) is 0 Å². The molecule has 0 bridgehead atoms. The summed E-state index contributed by atoms with van der Waals surface area (Å²) < 4.78 is 0. The second-order valence-corrected chi connectivity index (χ2v) is 3.22. The van der Waals surface area contributed by atoms with Crippen LogP contribution in [0, 0.1) is 0 Å². The first-order valence-electron chi connectivity index (χ1n) is 2.99. The fourth-order valence-corrected chi connectivity index (χ4v) is 1.29. The van der Waals surface area contributed by atoms with E-state index >= 15 is 0 Å². The summed E-state index contributed by atoms with van der Waals surface area (Å²) in [6.07, 6.45) is 3.44. The maximum absolute atomic E-state index is 5.81. The van der Waals surface area contributed by atoms with Crippen molar-refractivity contribution in [1.29, 1.82) is 0 Å². The predicted octanol–water partition coefficient (Wildman–Crippen LogP) is 1.50. The molecular weight excluding hydrogens is 144 g/mol. The number of hydrogen-bond donors (Lipinski definition) is 1. The topological polar surface area (TPSA) is 38.9 Å². The number of aromatic nitrogens is 1. The molecule has 0 aliphatic carbocycles. The molecule has 0 aromatic carbocycles. The quantitative estimate of drug-likeness (QED) is 0.656. The van der Waals surface area contributed by atoms with Gasteiger partial charge in [0.05, 0.1) is 5.54 Å². The van der Waals surface area contributed by atoms with Crippen molar-refractivity contribution in [1.82, 2.24) is 4.98 Å². The fourth-order valence-electron chi connectivity index (χ4n) is 0.577. The standard InChI is InChI=1S/C7H10N2S/c1-3-7(2,8)6-9-4-5-10-6/h3-5H,1,8H2,2H3. The lowest BCUT2D eigenvalue weighted by Gasteiger charge is -2.15. The first kappa shape index (κ1) is 7.44. The molecule has 3 heteroatoms. The molecule has 0 spiro atoms. The van der Waals surface area contributed by atoms with Crippen LogP contribution in [0.25, 0.3) is 0 Å². The van der Waals surface area contributed by atoms with Gasteiger partial charge in [-0.1, -0.05) is 6.08 Å². The van der Waals surface area contributed by atoms with Crippen LogP contribution in [0.4, 0.5) is 0 Å². The normalized spacial score (nSPS) is 16.2. The van der Waals surface area contributed by atoms with Crippen molar-refractivity contribution in [3.05, 3.63) is 29.2 Å². The maximum atomic E-state index is 5.81. The summed E-state index contributed by atoms with van der Waals surface area (Å²) in [5.74, 6) is 0. The van der Waals surface area contributed by atoms with Crippen LogP contribution in [-0.4, -0.2) is 4.98 Å². The van der Waals surface area contributed by atoms with Crippen LogP contribution in [0.2, 0.25) is 0 Å². The van der Waals surface area contributed by atoms with Crippen LogP contribution in [0.1, 0.15) is 11.9 Å². The zero-order valence-electron chi connectivity index (χ0n) is 5.87. The molecule has 0 saturated carbocycles. The Morgan fingerprint density at radius 2 is 2.60 bits per heavy atom. The number of thiazole rings is 1. The molecule has 0 radical (unpaired) electrons. The highest BCUT2D eigenvalue weighted by molar-refractivity contribution is 7.09. The Morgan fingerprint density at radius 3 is 3.00 bits per heavy atom. The average Bonchev–Trinajstić information content (AvgIpc) is 2.38. The van der Waals surface area contributed by atoms with Crippen molar-refractivity contribution >= 4 is 11.3 Å². The van der Waals surface area contributed by atoms with Crippen molar-refractivity contribution in [2.45, 2.75) is 12.5 Å². The summed E-state index contributed by atoms with van der Waals surface area (Å²) in [6, 6.07) is 0. The summed E-state index contributed by atoms with van der Waals surface area (Å²) >= 11 is 1.55. The first-order valence-corrected chi connectivity index (χ1v) is 3.87. The fraction of sp³-hybridized carbons (Fsp3) is 0.286. The van der Waals surface area contributed by atoms with E-state index in [1.807, 2.05) is 12.3 Å². The van der Waals surface area contributed by atoms with Crippen molar-refractivity contribution < 1.29 is 0 Å².